The monoisotopic (exact) mass is 399 g/mol. The molecule has 7 nitrogen and oxygen atoms in total. The summed E-state index contributed by atoms with van der Waals surface area (Å²) < 4.78 is 10.8. The summed E-state index contributed by atoms with van der Waals surface area (Å²) in [4.78, 5) is 14.6. The molecule has 0 radical (unpaired) electrons. The molecule has 0 bridgehead atoms. The summed E-state index contributed by atoms with van der Waals surface area (Å²) in [5, 5.41) is 12.0. The van der Waals surface area contributed by atoms with Crippen molar-refractivity contribution in [3.63, 3.8) is 0 Å². The number of benzene rings is 2. The van der Waals surface area contributed by atoms with Crippen molar-refractivity contribution in [2.75, 3.05) is 19.9 Å². The van der Waals surface area contributed by atoms with Gasteiger partial charge in [0.2, 0.25) is 6.79 Å². The molecular formula is C22H29N3O4. The molecule has 2 amide bonds. The predicted molar refractivity (Wildman–Crippen MR) is 111 cm³/mol. The quantitative estimate of drug-likeness (QED) is 0.534. The number of unbranched alkanes of at least 4 members (excludes halogenated alkanes) is 1. The molecular weight excluding hydrogens is 370 g/mol. The molecule has 3 rings (SSSR count). The summed E-state index contributed by atoms with van der Waals surface area (Å²) in [5.41, 5.74) is 7.76. The Morgan fingerprint density at radius 2 is 1.83 bits per heavy atom. The van der Waals surface area contributed by atoms with Gasteiger partial charge in [0.15, 0.2) is 11.5 Å². The number of aliphatic hydroxyl groups is 1. The summed E-state index contributed by atoms with van der Waals surface area (Å²) in [5.74, 6) is 1.44. The lowest BCUT2D eigenvalue weighted by atomic mass is 10.1. The standard InChI is InChI=1S/C22H29N3O4/c23-19(15-26)8-4-5-11-24-22(27)25(13-17-6-2-1-3-7-17)14-18-9-10-20-21(12-18)29-16-28-20/h1-3,6-7,9-10,12,19,26H,4-5,8,11,13-16,23H2,(H,24,27). The molecule has 1 unspecified atom stereocenters. The lowest BCUT2D eigenvalue weighted by molar-refractivity contribution is 0.173. The van der Waals surface area contributed by atoms with Crippen LogP contribution in [0.1, 0.15) is 30.4 Å². The zero-order valence-corrected chi connectivity index (χ0v) is 16.5. The Kier molecular flexibility index (Phi) is 7.72. The van der Waals surface area contributed by atoms with Gasteiger partial charge in [-0.15, -0.1) is 0 Å². The van der Waals surface area contributed by atoms with Gasteiger partial charge in [0.05, 0.1) is 6.61 Å². The van der Waals surface area contributed by atoms with Crippen molar-refractivity contribution in [2.45, 2.75) is 38.4 Å². The third-order valence-corrected chi connectivity index (χ3v) is 4.83. The Labute approximate surface area is 171 Å². The largest absolute Gasteiger partial charge is 0.454 e. The highest BCUT2D eigenvalue weighted by Crippen LogP contribution is 2.32. The van der Waals surface area contributed by atoms with E-state index < -0.39 is 0 Å². The lowest BCUT2D eigenvalue weighted by Crippen LogP contribution is -2.39. The van der Waals surface area contributed by atoms with Gasteiger partial charge in [0.25, 0.3) is 0 Å². The van der Waals surface area contributed by atoms with Crippen molar-refractivity contribution >= 4 is 6.03 Å². The molecule has 1 heterocycles. The highest BCUT2D eigenvalue weighted by molar-refractivity contribution is 5.74. The molecule has 1 aliphatic rings. The van der Waals surface area contributed by atoms with Gasteiger partial charge in [-0.25, -0.2) is 4.79 Å². The number of aliphatic hydroxyl groups excluding tert-OH is 1. The van der Waals surface area contributed by atoms with Crippen LogP contribution < -0.4 is 20.5 Å². The minimum atomic E-state index is -0.189. The summed E-state index contributed by atoms with van der Waals surface area (Å²) in [6.07, 6.45) is 2.43. The third kappa shape index (κ3) is 6.37. The van der Waals surface area contributed by atoms with Crippen LogP contribution in [-0.2, 0) is 13.1 Å². The van der Waals surface area contributed by atoms with Crippen LogP contribution in [0.4, 0.5) is 4.79 Å². The Morgan fingerprint density at radius 3 is 2.62 bits per heavy atom. The number of urea groups is 1. The molecule has 0 saturated carbocycles. The van der Waals surface area contributed by atoms with E-state index in [1.54, 1.807) is 4.90 Å². The first-order valence-electron chi connectivity index (χ1n) is 9.97. The second-order valence-electron chi connectivity index (χ2n) is 7.20. The maximum absolute atomic E-state index is 12.8. The zero-order valence-electron chi connectivity index (χ0n) is 16.5. The minimum Gasteiger partial charge on any atom is -0.454 e. The third-order valence-electron chi connectivity index (χ3n) is 4.83. The topological polar surface area (TPSA) is 97.0 Å². The van der Waals surface area contributed by atoms with Crippen LogP contribution in [0.15, 0.2) is 48.5 Å². The Bertz CT molecular complexity index is 785. The summed E-state index contributed by atoms with van der Waals surface area (Å²) in [6.45, 7) is 1.77. The Morgan fingerprint density at radius 1 is 1.07 bits per heavy atom. The smallest absolute Gasteiger partial charge is 0.318 e. The van der Waals surface area contributed by atoms with Gasteiger partial charge in [-0.3, -0.25) is 0 Å². The number of amides is 2. The SMILES string of the molecule is NC(CO)CCCCNC(=O)N(Cc1ccccc1)Cc1ccc2c(c1)OCO2. The molecule has 4 N–H and O–H groups in total. The van der Waals surface area contributed by atoms with E-state index in [-0.39, 0.29) is 25.5 Å². The molecule has 0 saturated heterocycles. The molecule has 2 aromatic rings. The molecule has 1 aliphatic heterocycles. The van der Waals surface area contributed by atoms with Crippen LogP contribution in [0.3, 0.4) is 0 Å². The number of rotatable bonds is 10. The Hall–Kier alpha value is -2.77. The van der Waals surface area contributed by atoms with Gasteiger partial charge in [-0.05, 0) is 36.1 Å². The van der Waals surface area contributed by atoms with Gasteiger partial charge in [-0.1, -0.05) is 42.8 Å². The van der Waals surface area contributed by atoms with Crippen LogP contribution in [0.2, 0.25) is 0 Å². The number of carbonyl (C=O) groups excluding carboxylic acids is 1. The van der Waals surface area contributed by atoms with E-state index in [9.17, 15) is 4.79 Å². The van der Waals surface area contributed by atoms with Crippen LogP contribution >= 0.6 is 0 Å². The molecule has 0 aromatic heterocycles. The number of nitrogens with two attached hydrogens (primary N) is 1. The molecule has 7 heteroatoms. The summed E-state index contributed by atoms with van der Waals surface area (Å²) in [7, 11) is 0. The van der Waals surface area contributed by atoms with Crippen LogP contribution in [-0.4, -0.2) is 42.0 Å². The van der Waals surface area contributed by atoms with Gasteiger partial charge < -0.3 is 30.5 Å². The average molecular weight is 399 g/mol. The van der Waals surface area contributed by atoms with E-state index in [1.165, 1.54) is 0 Å². The molecule has 1 atom stereocenters. The molecule has 156 valence electrons. The molecule has 0 spiro atoms. The number of ether oxygens (including phenoxy) is 2. The van der Waals surface area contributed by atoms with Gasteiger partial charge >= 0.3 is 6.03 Å². The van der Waals surface area contributed by atoms with Crippen molar-refractivity contribution in [2.24, 2.45) is 5.73 Å². The Balaban J connectivity index is 1.59. The maximum Gasteiger partial charge on any atom is 0.318 e. The van der Waals surface area contributed by atoms with E-state index in [0.29, 0.717) is 25.4 Å². The number of hydrogen-bond donors (Lipinski definition) is 3. The average Bonchev–Trinajstić information content (AvgIpc) is 3.21. The van der Waals surface area contributed by atoms with E-state index in [1.807, 2.05) is 48.5 Å². The van der Waals surface area contributed by atoms with Crippen LogP contribution in [0, 0.1) is 0 Å². The fourth-order valence-corrected chi connectivity index (χ4v) is 3.19. The van der Waals surface area contributed by atoms with Crippen LogP contribution in [0.25, 0.3) is 0 Å². The number of nitrogens with one attached hydrogen (secondary N) is 1. The van der Waals surface area contributed by atoms with E-state index in [0.717, 1.165) is 36.1 Å². The van der Waals surface area contributed by atoms with Crippen molar-refractivity contribution in [1.29, 1.82) is 0 Å². The molecule has 2 aromatic carbocycles. The molecule has 0 aliphatic carbocycles. The lowest BCUT2D eigenvalue weighted by Gasteiger charge is -2.24. The summed E-state index contributed by atoms with van der Waals surface area (Å²) in [6, 6.07) is 15.4. The van der Waals surface area contributed by atoms with Crippen molar-refractivity contribution in [3.8, 4) is 11.5 Å². The molecule has 0 fully saturated rings. The van der Waals surface area contributed by atoms with Crippen molar-refractivity contribution in [1.82, 2.24) is 10.2 Å². The normalized spacial score (nSPS) is 13.2. The predicted octanol–water partition coefficient (Wildman–Crippen LogP) is 2.62. The fourth-order valence-electron chi connectivity index (χ4n) is 3.19. The first-order valence-corrected chi connectivity index (χ1v) is 9.97. The highest BCUT2D eigenvalue weighted by atomic mass is 16.7. The fraction of sp³-hybridized carbons (Fsp3) is 0.409. The van der Waals surface area contributed by atoms with Crippen LogP contribution in [0.5, 0.6) is 11.5 Å². The van der Waals surface area contributed by atoms with Gasteiger partial charge in [0, 0.05) is 25.7 Å². The minimum absolute atomic E-state index is 0.00720. The first kappa shape index (κ1) is 21.0. The van der Waals surface area contributed by atoms with Gasteiger partial charge in [0.1, 0.15) is 0 Å². The number of fused-ring (bicyclic) bond motifs is 1. The van der Waals surface area contributed by atoms with Gasteiger partial charge in [-0.2, -0.15) is 0 Å². The van der Waals surface area contributed by atoms with E-state index in [2.05, 4.69) is 5.32 Å². The zero-order chi connectivity index (χ0) is 20.5. The second-order valence-corrected chi connectivity index (χ2v) is 7.20. The number of nitrogens with zero attached hydrogens (tertiary/aromatic N) is 1. The van der Waals surface area contributed by atoms with Crippen molar-refractivity contribution < 1.29 is 19.4 Å². The van der Waals surface area contributed by atoms with E-state index >= 15 is 0 Å². The first-order chi connectivity index (χ1) is 14.2. The highest BCUT2D eigenvalue weighted by Gasteiger charge is 2.18. The van der Waals surface area contributed by atoms with Crippen molar-refractivity contribution in [3.05, 3.63) is 59.7 Å². The second kappa shape index (κ2) is 10.7. The van der Waals surface area contributed by atoms with E-state index in [4.69, 9.17) is 20.3 Å². The molecule has 29 heavy (non-hydrogen) atoms. The number of hydrogen-bond acceptors (Lipinski definition) is 5. The summed E-state index contributed by atoms with van der Waals surface area (Å²) >= 11 is 0. The number of carbonyl (C=O) groups is 1. The maximum atomic E-state index is 12.8.